The van der Waals surface area contributed by atoms with Crippen molar-refractivity contribution in [2.75, 3.05) is 26.9 Å². The number of phenols is 1. The van der Waals surface area contributed by atoms with E-state index in [1.807, 2.05) is 19.1 Å². The highest BCUT2D eigenvalue weighted by Gasteiger charge is 2.06. The second-order valence-electron chi connectivity index (χ2n) is 4.15. The maximum absolute atomic E-state index is 9.86. The summed E-state index contributed by atoms with van der Waals surface area (Å²) in [6, 6.07) is 5.45. The molecule has 0 aromatic heterocycles. The Morgan fingerprint density at radius 3 is 2.89 bits per heavy atom. The van der Waals surface area contributed by atoms with E-state index in [2.05, 4.69) is 11.9 Å². The van der Waals surface area contributed by atoms with E-state index in [1.54, 1.807) is 6.07 Å². The van der Waals surface area contributed by atoms with Crippen LogP contribution in [-0.2, 0) is 11.3 Å². The summed E-state index contributed by atoms with van der Waals surface area (Å²) in [6.45, 7) is 8.21. The molecule has 1 rings (SSSR count). The number of phenolic OH excluding ortho intramolecular Hbond substituents is 1. The van der Waals surface area contributed by atoms with Crippen LogP contribution in [-0.4, -0.2) is 32.0 Å². The van der Waals surface area contributed by atoms with Gasteiger partial charge in [0.05, 0.1) is 20.3 Å². The quantitative estimate of drug-likeness (QED) is 0.548. The molecule has 0 amide bonds. The van der Waals surface area contributed by atoms with E-state index in [4.69, 9.17) is 9.47 Å². The van der Waals surface area contributed by atoms with Crippen molar-refractivity contribution in [1.82, 2.24) is 5.32 Å². The summed E-state index contributed by atoms with van der Waals surface area (Å²) in [4.78, 5) is 0. The summed E-state index contributed by atoms with van der Waals surface area (Å²) in [7, 11) is 1.54. The van der Waals surface area contributed by atoms with Crippen molar-refractivity contribution in [3.8, 4) is 11.5 Å². The fraction of sp³-hybridized carbons (Fsp3) is 0.429. The molecule has 1 aromatic rings. The Morgan fingerprint density at radius 2 is 2.22 bits per heavy atom. The summed E-state index contributed by atoms with van der Waals surface area (Å²) in [5.74, 6) is 0.684. The summed E-state index contributed by atoms with van der Waals surface area (Å²) >= 11 is 0. The summed E-state index contributed by atoms with van der Waals surface area (Å²) in [5, 5.41) is 13.1. The second-order valence-corrected chi connectivity index (χ2v) is 4.15. The van der Waals surface area contributed by atoms with Gasteiger partial charge in [-0.1, -0.05) is 24.3 Å². The third-order valence-electron chi connectivity index (χ3n) is 2.39. The van der Waals surface area contributed by atoms with Crippen LogP contribution in [0.4, 0.5) is 0 Å². The highest BCUT2D eigenvalue weighted by atomic mass is 16.5. The Balaban J connectivity index is 2.29. The minimum absolute atomic E-state index is 0.190. The van der Waals surface area contributed by atoms with E-state index in [-0.39, 0.29) is 5.75 Å². The molecule has 0 aliphatic heterocycles. The van der Waals surface area contributed by atoms with Gasteiger partial charge in [0.1, 0.15) is 0 Å². The van der Waals surface area contributed by atoms with Crippen molar-refractivity contribution in [3.05, 3.63) is 35.9 Å². The molecule has 0 saturated heterocycles. The molecule has 4 heteroatoms. The van der Waals surface area contributed by atoms with Crippen LogP contribution < -0.4 is 10.1 Å². The number of methoxy groups -OCH3 is 1. The maximum atomic E-state index is 9.86. The van der Waals surface area contributed by atoms with E-state index >= 15 is 0 Å². The zero-order chi connectivity index (χ0) is 13.4. The first-order valence-corrected chi connectivity index (χ1v) is 5.93. The molecule has 0 spiro atoms. The van der Waals surface area contributed by atoms with Crippen molar-refractivity contribution in [2.24, 2.45) is 0 Å². The predicted molar refractivity (Wildman–Crippen MR) is 72.0 cm³/mol. The minimum Gasteiger partial charge on any atom is -0.504 e. The third-order valence-corrected chi connectivity index (χ3v) is 2.39. The number of ether oxygens (including phenoxy) is 2. The molecule has 0 unspecified atom stereocenters. The maximum Gasteiger partial charge on any atom is 0.162 e. The number of rotatable bonds is 8. The number of benzene rings is 1. The number of nitrogens with one attached hydrogen (secondary N) is 1. The lowest BCUT2D eigenvalue weighted by molar-refractivity contribution is 0.157. The third kappa shape index (κ3) is 4.77. The normalized spacial score (nSPS) is 10.3. The van der Waals surface area contributed by atoms with Crippen LogP contribution in [0, 0.1) is 0 Å². The Kier molecular flexibility index (Phi) is 6.25. The molecule has 0 radical (unpaired) electrons. The first-order chi connectivity index (χ1) is 8.65. The van der Waals surface area contributed by atoms with E-state index in [1.165, 1.54) is 7.11 Å². The van der Waals surface area contributed by atoms with Crippen LogP contribution >= 0.6 is 0 Å². The second kappa shape index (κ2) is 7.74. The number of aromatic hydroxyl groups is 1. The van der Waals surface area contributed by atoms with Gasteiger partial charge in [-0.2, -0.15) is 0 Å². The van der Waals surface area contributed by atoms with Crippen LogP contribution in [0.1, 0.15) is 12.5 Å². The van der Waals surface area contributed by atoms with Crippen molar-refractivity contribution < 1.29 is 14.6 Å². The molecule has 0 aliphatic carbocycles. The number of hydrogen-bond acceptors (Lipinski definition) is 4. The predicted octanol–water partition coefficient (Wildman–Crippen LogP) is 2.08. The number of para-hydroxylation sites is 1. The molecule has 4 nitrogen and oxygen atoms in total. The highest BCUT2D eigenvalue weighted by Crippen LogP contribution is 2.28. The molecular formula is C14H21NO3. The van der Waals surface area contributed by atoms with Gasteiger partial charge in [-0.25, -0.2) is 0 Å². The largest absolute Gasteiger partial charge is 0.504 e. The standard InChI is InChI=1S/C14H21NO3/c1-11(2)10-18-8-7-15-9-12-5-4-6-13(17-3)14(12)16/h4-6,15-16H,1,7-10H2,2-3H3. The van der Waals surface area contributed by atoms with Gasteiger partial charge in [-0.3, -0.25) is 0 Å². The molecule has 1 aromatic carbocycles. The molecule has 0 aliphatic rings. The van der Waals surface area contributed by atoms with Gasteiger partial charge < -0.3 is 19.9 Å². The van der Waals surface area contributed by atoms with E-state index in [0.29, 0.717) is 25.5 Å². The molecule has 0 saturated carbocycles. The first kappa shape index (κ1) is 14.5. The lowest BCUT2D eigenvalue weighted by Crippen LogP contribution is -2.19. The fourth-order valence-corrected chi connectivity index (χ4v) is 1.49. The van der Waals surface area contributed by atoms with Gasteiger partial charge >= 0.3 is 0 Å². The van der Waals surface area contributed by atoms with Crippen molar-refractivity contribution in [1.29, 1.82) is 0 Å². The van der Waals surface area contributed by atoms with Crippen LogP contribution in [0.15, 0.2) is 30.4 Å². The molecular weight excluding hydrogens is 230 g/mol. The first-order valence-electron chi connectivity index (χ1n) is 5.93. The van der Waals surface area contributed by atoms with Crippen LogP contribution in [0.2, 0.25) is 0 Å². The fourth-order valence-electron chi connectivity index (χ4n) is 1.49. The van der Waals surface area contributed by atoms with Crippen LogP contribution in [0.25, 0.3) is 0 Å². The van der Waals surface area contributed by atoms with Gasteiger partial charge in [0.2, 0.25) is 0 Å². The van der Waals surface area contributed by atoms with E-state index in [9.17, 15) is 5.11 Å². The topological polar surface area (TPSA) is 50.7 Å². The summed E-state index contributed by atoms with van der Waals surface area (Å²) in [6.07, 6.45) is 0. The highest BCUT2D eigenvalue weighted by molar-refractivity contribution is 5.45. The lowest BCUT2D eigenvalue weighted by atomic mass is 10.2. The zero-order valence-electron chi connectivity index (χ0n) is 11.0. The molecule has 2 N–H and O–H groups in total. The molecule has 0 heterocycles. The smallest absolute Gasteiger partial charge is 0.162 e. The average molecular weight is 251 g/mol. The van der Waals surface area contributed by atoms with Gasteiger partial charge in [0, 0.05) is 18.7 Å². The molecule has 0 atom stereocenters. The SMILES string of the molecule is C=C(C)COCCNCc1cccc(OC)c1O. The Bertz CT molecular complexity index is 391. The molecule has 100 valence electrons. The summed E-state index contributed by atoms with van der Waals surface area (Å²) in [5.41, 5.74) is 1.83. The zero-order valence-corrected chi connectivity index (χ0v) is 11.0. The Morgan fingerprint density at radius 1 is 1.44 bits per heavy atom. The van der Waals surface area contributed by atoms with Gasteiger partial charge in [0.15, 0.2) is 11.5 Å². The van der Waals surface area contributed by atoms with Crippen LogP contribution in [0.5, 0.6) is 11.5 Å². The summed E-state index contributed by atoms with van der Waals surface area (Å²) < 4.78 is 10.4. The van der Waals surface area contributed by atoms with E-state index in [0.717, 1.165) is 17.7 Å². The Hall–Kier alpha value is -1.52. The van der Waals surface area contributed by atoms with Crippen molar-refractivity contribution in [2.45, 2.75) is 13.5 Å². The van der Waals surface area contributed by atoms with Crippen molar-refractivity contribution >= 4 is 0 Å². The lowest BCUT2D eigenvalue weighted by Gasteiger charge is -2.10. The van der Waals surface area contributed by atoms with Crippen molar-refractivity contribution in [3.63, 3.8) is 0 Å². The van der Waals surface area contributed by atoms with Gasteiger partial charge in [-0.15, -0.1) is 0 Å². The minimum atomic E-state index is 0.190. The van der Waals surface area contributed by atoms with Gasteiger partial charge in [-0.05, 0) is 13.0 Å². The van der Waals surface area contributed by atoms with Gasteiger partial charge in [0.25, 0.3) is 0 Å². The Labute approximate surface area is 108 Å². The molecule has 0 fully saturated rings. The number of hydrogen-bond donors (Lipinski definition) is 2. The van der Waals surface area contributed by atoms with Crippen LogP contribution in [0.3, 0.4) is 0 Å². The molecule has 0 bridgehead atoms. The monoisotopic (exact) mass is 251 g/mol. The molecule has 18 heavy (non-hydrogen) atoms. The van der Waals surface area contributed by atoms with E-state index < -0.39 is 0 Å². The average Bonchev–Trinajstić information content (AvgIpc) is 2.35.